The summed E-state index contributed by atoms with van der Waals surface area (Å²) in [6.45, 7) is 0. The Balaban J connectivity index is 2.36. The van der Waals surface area contributed by atoms with E-state index in [2.05, 4.69) is 26.2 Å². The lowest BCUT2D eigenvalue weighted by Gasteiger charge is -2.12. The maximum atomic E-state index is 5.95. The molecule has 0 atom stereocenters. The molecule has 1 aromatic heterocycles. The van der Waals surface area contributed by atoms with Gasteiger partial charge in [-0.15, -0.1) is 0 Å². The maximum absolute atomic E-state index is 5.95. The predicted molar refractivity (Wildman–Crippen MR) is 77.6 cm³/mol. The summed E-state index contributed by atoms with van der Waals surface area (Å²) in [5, 5.41) is 3.70. The van der Waals surface area contributed by atoms with Crippen LogP contribution in [0.25, 0.3) is 0 Å². The van der Waals surface area contributed by atoms with Crippen molar-refractivity contribution < 1.29 is 4.74 Å². The summed E-state index contributed by atoms with van der Waals surface area (Å²) in [5.74, 6) is 1.22. The number of methoxy groups -OCH3 is 1. The Morgan fingerprint density at radius 2 is 2.17 bits per heavy atom. The highest BCUT2D eigenvalue weighted by Crippen LogP contribution is 2.32. The van der Waals surface area contributed by atoms with Gasteiger partial charge in [-0.2, -0.15) is 0 Å². The molecule has 3 N–H and O–H groups in total. The average Bonchev–Trinajstić information content (AvgIpc) is 2.33. The number of halogens is 2. The zero-order chi connectivity index (χ0) is 13.1. The Morgan fingerprint density at radius 1 is 1.39 bits per heavy atom. The molecule has 0 saturated carbocycles. The van der Waals surface area contributed by atoms with E-state index in [4.69, 9.17) is 22.1 Å². The summed E-state index contributed by atoms with van der Waals surface area (Å²) in [6.07, 6.45) is 1.66. The Hall–Kier alpha value is -1.46. The molecule has 1 aromatic carbocycles. The lowest BCUT2D eigenvalue weighted by molar-refractivity contribution is 0.417. The Bertz CT molecular complexity index is 577. The van der Waals surface area contributed by atoms with E-state index in [9.17, 15) is 0 Å². The lowest BCUT2D eigenvalue weighted by Crippen LogP contribution is -2.00. The van der Waals surface area contributed by atoms with Crippen molar-refractivity contribution in [3.63, 3.8) is 0 Å². The predicted octanol–water partition coefficient (Wildman–Crippen LogP) is 3.83. The minimum absolute atomic E-state index is 0.534. The first-order chi connectivity index (χ1) is 8.60. The molecule has 0 amide bonds. The third-order valence-electron chi connectivity index (χ3n) is 2.30. The number of aromatic nitrogens is 1. The Kier molecular flexibility index (Phi) is 3.93. The van der Waals surface area contributed by atoms with Gasteiger partial charge in [-0.25, -0.2) is 4.98 Å². The van der Waals surface area contributed by atoms with E-state index in [0.29, 0.717) is 28.0 Å². The molecule has 0 saturated heterocycles. The normalized spacial score (nSPS) is 10.2. The average molecular weight is 329 g/mol. The van der Waals surface area contributed by atoms with E-state index >= 15 is 0 Å². The van der Waals surface area contributed by atoms with Gasteiger partial charge in [0.25, 0.3) is 0 Å². The van der Waals surface area contributed by atoms with Crippen LogP contribution in [-0.4, -0.2) is 12.1 Å². The van der Waals surface area contributed by atoms with Crippen molar-refractivity contribution in [2.24, 2.45) is 0 Å². The van der Waals surface area contributed by atoms with E-state index < -0.39 is 0 Å². The highest BCUT2D eigenvalue weighted by atomic mass is 79.9. The fourth-order valence-electron chi connectivity index (χ4n) is 1.46. The summed E-state index contributed by atoms with van der Waals surface area (Å²) in [4.78, 5) is 4.20. The van der Waals surface area contributed by atoms with Gasteiger partial charge in [-0.1, -0.05) is 11.6 Å². The number of rotatable bonds is 3. The molecule has 4 nitrogen and oxygen atoms in total. The summed E-state index contributed by atoms with van der Waals surface area (Å²) in [6, 6.07) is 7.06. The summed E-state index contributed by atoms with van der Waals surface area (Å²) in [5.41, 5.74) is 7.12. The number of pyridine rings is 1. The van der Waals surface area contributed by atoms with Gasteiger partial charge in [-0.05, 0) is 40.2 Å². The quantitative estimate of drug-likeness (QED) is 0.899. The standard InChI is InChI=1S/C12H11BrClN3O/c1-18-11-3-2-8(14)5-10(11)17-12-9(15)4-7(13)6-16-12/h2-6H,15H2,1H3,(H,16,17). The van der Waals surface area contributed by atoms with Crippen LogP contribution in [-0.2, 0) is 0 Å². The third kappa shape index (κ3) is 2.86. The number of anilines is 3. The van der Waals surface area contributed by atoms with E-state index in [-0.39, 0.29) is 0 Å². The van der Waals surface area contributed by atoms with Gasteiger partial charge in [0.1, 0.15) is 5.75 Å². The zero-order valence-corrected chi connectivity index (χ0v) is 11.9. The van der Waals surface area contributed by atoms with Crippen LogP contribution in [0.1, 0.15) is 0 Å². The fourth-order valence-corrected chi connectivity index (χ4v) is 1.99. The van der Waals surface area contributed by atoms with Crippen molar-refractivity contribution in [2.75, 3.05) is 18.2 Å². The maximum Gasteiger partial charge on any atom is 0.153 e. The van der Waals surface area contributed by atoms with Gasteiger partial charge in [0.05, 0.1) is 18.5 Å². The molecule has 0 aliphatic heterocycles. The molecule has 0 aliphatic carbocycles. The van der Waals surface area contributed by atoms with Gasteiger partial charge in [0, 0.05) is 15.7 Å². The van der Waals surface area contributed by atoms with Crippen LogP contribution < -0.4 is 15.8 Å². The first kappa shape index (κ1) is 13.0. The SMILES string of the molecule is COc1ccc(Cl)cc1Nc1ncc(Br)cc1N. The second-order valence-corrected chi connectivity index (χ2v) is 4.91. The molecule has 2 aromatic rings. The highest BCUT2D eigenvalue weighted by molar-refractivity contribution is 9.10. The van der Waals surface area contributed by atoms with Crippen molar-refractivity contribution in [3.8, 4) is 5.75 Å². The van der Waals surface area contributed by atoms with Gasteiger partial charge >= 0.3 is 0 Å². The topological polar surface area (TPSA) is 60.2 Å². The van der Waals surface area contributed by atoms with E-state index in [1.165, 1.54) is 0 Å². The molecule has 0 unspecified atom stereocenters. The molecule has 0 fully saturated rings. The van der Waals surface area contributed by atoms with Gasteiger partial charge in [-0.3, -0.25) is 0 Å². The molecule has 94 valence electrons. The van der Waals surface area contributed by atoms with Crippen LogP contribution in [0.2, 0.25) is 5.02 Å². The second kappa shape index (κ2) is 5.46. The molecular formula is C12H11BrClN3O. The summed E-state index contributed by atoms with van der Waals surface area (Å²) < 4.78 is 6.06. The molecule has 0 aliphatic rings. The third-order valence-corrected chi connectivity index (χ3v) is 2.97. The number of benzene rings is 1. The Morgan fingerprint density at radius 3 is 2.83 bits per heavy atom. The molecule has 0 bridgehead atoms. The fraction of sp³-hybridized carbons (Fsp3) is 0.0833. The molecule has 0 spiro atoms. The van der Waals surface area contributed by atoms with Crippen LogP contribution in [0.15, 0.2) is 34.9 Å². The molecule has 1 heterocycles. The van der Waals surface area contributed by atoms with Gasteiger partial charge < -0.3 is 15.8 Å². The minimum atomic E-state index is 0.534. The monoisotopic (exact) mass is 327 g/mol. The zero-order valence-electron chi connectivity index (χ0n) is 9.58. The lowest BCUT2D eigenvalue weighted by atomic mass is 10.3. The van der Waals surface area contributed by atoms with Crippen molar-refractivity contribution >= 4 is 44.7 Å². The largest absolute Gasteiger partial charge is 0.495 e. The van der Waals surface area contributed by atoms with Gasteiger partial charge in [0.15, 0.2) is 5.82 Å². The summed E-state index contributed by atoms with van der Waals surface area (Å²) >= 11 is 9.26. The molecular weight excluding hydrogens is 318 g/mol. The second-order valence-electron chi connectivity index (χ2n) is 3.56. The number of hydrogen-bond donors (Lipinski definition) is 2. The van der Waals surface area contributed by atoms with E-state index in [1.807, 2.05) is 0 Å². The molecule has 2 rings (SSSR count). The number of nitrogens with two attached hydrogens (primary N) is 1. The van der Waals surface area contributed by atoms with Crippen molar-refractivity contribution in [2.45, 2.75) is 0 Å². The highest BCUT2D eigenvalue weighted by Gasteiger charge is 2.07. The molecule has 6 heteroatoms. The van der Waals surface area contributed by atoms with Crippen molar-refractivity contribution in [3.05, 3.63) is 40.0 Å². The molecule has 18 heavy (non-hydrogen) atoms. The van der Waals surface area contributed by atoms with Crippen LogP contribution in [0.5, 0.6) is 5.75 Å². The number of nitrogen functional groups attached to an aromatic ring is 1. The number of hydrogen-bond acceptors (Lipinski definition) is 4. The van der Waals surface area contributed by atoms with Crippen molar-refractivity contribution in [1.29, 1.82) is 0 Å². The van der Waals surface area contributed by atoms with Crippen LogP contribution in [0, 0.1) is 0 Å². The van der Waals surface area contributed by atoms with Crippen LogP contribution >= 0.6 is 27.5 Å². The summed E-state index contributed by atoms with van der Waals surface area (Å²) in [7, 11) is 1.59. The van der Waals surface area contributed by atoms with Crippen LogP contribution in [0.4, 0.5) is 17.2 Å². The minimum Gasteiger partial charge on any atom is -0.495 e. The first-order valence-corrected chi connectivity index (χ1v) is 6.29. The van der Waals surface area contributed by atoms with E-state index in [1.54, 1.807) is 37.6 Å². The van der Waals surface area contributed by atoms with Crippen molar-refractivity contribution in [1.82, 2.24) is 4.98 Å². The Labute approximate surface area is 118 Å². The van der Waals surface area contributed by atoms with Crippen LogP contribution in [0.3, 0.4) is 0 Å². The smallest absolute Gasteiger partial charge is 0.153 e. The molecule has 0 radical (unpaired) electrons. The number of nitrogens with zero attached hydrogens (tertiary/aromatic N) is 1. The number of nitrogens with one attached hydrogen (secondary N) is 1. The first-order valence-electron chi connectivity index (χ1n) is 5.11. The number of ether oxygens (including phenoxy) is 1. The van der Waals surface area contributed by atoms with Gasteiger partial charge in [0.2, 0.25) is 0 Å². The van der Waals surface area contributed by atoms with E-state index in [0.717, 1.165) is 4.47 Å².